The predicted molar refractivity (Wildman–Crippen MR) is 189 cm³/mol. The quantitative estimate of drug-likeness (QED) is 0.0300. The van der Waals surface area contributed by atoms with E-state index in [9.17, 15) is 14.2 Å². The van der Waals surface area contributed by atoms with Crippen molar-refractivity contribution in [3.05, 3.63) is 24.3 Å². The van der Waals surface area contributed by atoms with Gasteiger partial charge in [0.2, 0.25) is 0 Å². The summed E-state index contributed by atoms with van der Waals surface area (Å²) in [5.74, 6) is -0.904. The molecule has 0 heterocycles. The lowest BCUT2D eigenvalue weighted by Crippen LogP contribution is -2.29. The van der Waals surface area contributed by atoms with Crippen molar-refractivity contribution in [1.82, 2.24) is 0 Å². The highest BCUT2D eigenvalue weighted by Crippen LogP contribution is 2.36. The average Bonchev–Trinajstić information content (AvgIpc) is 3.02. The van der Waals surface area contributed by atoms with Crippen LogP contribution in [-0.4, -0.2) is 41.0 Å². The molecule has 0 aromatic rings. The molecule has 0 fully saturated rings. The average molecular weight is 673 g/mol. The summed E-state index contributed by atoms with van der Waals surface area (Å²) in [7, 11) is -4.75. The van der Waals surface area contributed by atoms with E-state index in [0.29, 0.717) is 6.42 Å². The van der Waals surface area contributed by atoms with Crippen LogP contribution < -0.4 is 0 Å². The summed E-state index contributed by atoms with van der Waals surface area (Å²) in [4.78, 5) is 42.6. The Bertz CT molecular complexity index is 807. The first-order valence-corrected chi connectivity index (χ1v) is 20.2. The zero-order valence-electron chi connectivity index (χ0n) is 29.5. The number of carbonyl (C=O) groups excluding carboxylic acids is 2. The number of carbonyl (C=O) groups is 2. The molecule has 0 saturated carbocycles. The van der Waals surface area contributed by atoms with E-state index in [-0.39, 0.29) is 19.4 Å². The molecule has 270 valence electrons. The molecule has 0 spiro atoms. The van der Waals surface area contributed by atoms with Gasteiger partial charge in [-0.15, -0.1) is 0 Å². The topological polar surface area (TPSA) is 119 Å². The van der Waals surface area contributed by atoms with E-state index in [1.807, 2.05) is 0 Å². The first-order chi connectivity index (χ1) is 22.3. The maximum Gasteiger partial charge on any atom is 0.469 e. The lowest BCUT2D eigenvalue weighted by atomic mass is 10.1. The molecule has 0 aromatic heterocycles. The summed E-state index contributed by atoms with van der Waals surface area (Å²) in [5.41, 5.74) is 0. The Morgan fingerprint density at radius 1 is 0.543 bits per heavy atom. The van der Waals surface area contributed by atoms with Gasteiger partial charge in [0.25, 0.3) is 0 Å². The van der Waals surface area contributed by atoms with E-state index in [0.717, 1.165) is 44.9 Å². The molecular weight excluding hydrogens is 603 g/mol. The van der Waals surface area contributed by atoms with Crippen LogP contribution in [0, 0.1) is 0 Å². The maximum atomic E-state index is 12.3. The number of allylic oxidation sites excluding steroid dienone is 4. The van der Waals surface area contributed by atoms with E-state index in [2.05, 4.69) is 42.7 Å². The van der Waals surface area contributed by atoms with Gasteiger partial charge in [-0.25, -0.2) is 4.57 Å². The molecule has 0 rings (SSSR count). The van der Waals surface area contributed by atoms with Gasteiger partial charge in [-0.1, -0.05) is 134 Å². The molecule has 46 heavy (non-hydrogen) atoms. The largest absolute Gasteiger partial charge is 0.469 e. The van der Waals surface area contributed by atoms with Gasteiger partial charge in [0.15, 0.2) is 6.10 Å². The molecule has 0 amide bonds. The van der Waals surface area contributed by atoms with Crippen LogP contribution in [0.15, 0.2) is 24.3 Å². The summed E-state index contributed by atoms with van der Waals surface area (Å²) in [6.07, 6.45) is 36.1. The second kappa shape index (κ2) is 33.4. The van der Waals surface area contributed by atoms with Gasteiger partial charge in [-0.05, 0) is 57.8 Å². The van der Waals surface area contributed by atoms with Gasteiger partial charge in [-0.3, -0.25) is 14.1 Å². The smallest absolute Gasteiger partial charge is 0.462 e. The molecule has 0 bridgehead atoms. The number of ether oxygens (including phenoxy) is 2. The van der Waals surface area contributed by atoms with E-state index < -0.39 is 32.5 Å². The van der Waals surface area contributed by atoms with Gasteiger partial charge in [0, 0.05) is 12.8 Å². The highest BCUT2D eigenvalue weighted by molar-refractivity contribution is 7.46. The van der Waals surface area contributed by atoms with Crippen molar-refractivity contribution in [2.75, 3.05) is 13.2 Å². The second-order valence-corrected chi connectivity index (χ2v) is 13.8. The molecule has 9 heteroatoms. The van der Waals surface area contributed by atoms with E-state index >= 15 is 0 Å². The molecule has 0 aliphatic rings. The minimum Gasteiger partial charge on any atom is -0.462 e. The van der Waals surface area contributed by atoms with Crippen LogP contribution >= 0.6 is 7.82 Å². The Kier molecular flexibility index (Phi) is 32.4. The zero-order chi connectivity index (χ0) is 34.0. The van der Waals surface area contributed by atoms with Crippen molar-refractivity contribution >= 4 is 19.8 Å². The lowest BCUT2D eigenvalue weighted by Gasteiger charge is -2.18. The molecule has 0 aliphatic heterocycles. The molecule has 8 nitrogen and oxygen atoms in total. The molecule has 2 N–H and O–H groups in total. The number of hydrogen-bond donors (Lipinski definition) is 2. The molecule has 0 aromatic carbocycles. The van der Waals surface area contributed by atoms with Crippen molar-refractivity contribution in [3.8, 4) is 0 Å². The van der Waals surface area contributed by atoms with Crippen LogP contribution in [-0.2, 0) is 28.2 Å². The molecular formula is C37H69O8P. The highest BCUT2D eigenvalue weighted by Gasteiger charge is 2.22. The number of hydrogen-bond acceptors (Lipinski definition) is 6. The first-order valence-electron chi connectivity index (χ1n) is 18.6. The number of phosphoric acid groups is 1. The Labute approximate surface area is 281 Å². The van der Waals surface area contributed by atoms with Gasteiger partial charge in [0.1, 0.15) is 6.61 Å². The Morgan fingerprint density at radius 2 is 0.935 bits per heavy atom. The van der Waals surface area contributed by atoms with Crippen molar-refractivity contribution in [2.45, 2.75) is 187 Å². The first kappa shape index (κ1) is 44.5. The van der Waals surface area contributed by atoms with Gasteiger partial charge >= 0.3 is 19.8 Å². The third-order valence-electron chi connectivity index (χ3n) is 7.94. The number of esters is 2. The lowest BCUT2D eigenvalue weighted by molar-refractivity contribution is -0.161. The van der Waals surface area contributed by atoms with Crippen LogP contribution in [0.3, 0.4) is 0 Å². The van der Waals surface area contributed by atoms with Crippen LogP contribution in [0.5, 0.6) is 0 Å². The fraction of sp³-hybridized carbons (Fsp3) is 0.838. The highest BCUT2D eigenvalue weighted by atomic mass is 31.2. The molecule has 0 saturated heterocycles. The molecule has 0 radical (unpaired) electrons. The number of phosphoric ester groups is 1. The summed E-state index contributed by atoms with van der Waals surface area (Å²) in [6.45, 7) is 3.62. The van der Waals surface area contributed by atoms with Crippen molar-refractivity contribution in [1.29, 1.82) is 0 Å². The van der Waals surface area contributed by atoms with E-state index in [4.69, 9.17) is 19.3 Å². The minimum atomic E-state index is -4.75. The fourth-order valence-corrected chi connectivity index (χ4v) is 5.47. The van der Waals surface area contributed by atoms with E-state index in [1.54, 1.807) is 0 Å². The Hall–Kier alpha value is -1.47. The summed E-state index contributed by atoms with van der Waals surface area (Å²) < 4.78 is 26.3. The number of unbranched alkanes of at least 4 members (excludes halogenated alkanes) is 20. The Morgan fingerprint density at radius 3 is 1.41 bits per heavy atom. The van der Waals surface area contributed by atoms with Crippen molar-refractivity contribution < 1.29 is 37.9 Å². The second-order valence-electron chi connectivity index (χ2n) is 12.5. The van der Waals surface area contributed by atoms with Crippen LogP contribution in [0.4, 0.5) is 0 Å². The predicted octanol–water partition coefficient (Wildman–Crippen LogP) is 10.8. The van der Waals surface area contributed by atoms with Crippen LogP contribution in [0.1, 0.15) is 181 Å². The third-order valence-corrected chi connectivity index (χ3v) is 8.43. The Balaban J connectivity index is 3.98. The SMILES string of the molecule is CCCC/C=C/CCCCCCCCCCCC(=O)OC[C@H](COP(=O)(O)O)OC(=O)CCCCC/C=C/CCCCCCCC. The van der Waals surface area contributed by atoms with Crippen LogP contribution in [0.2, 0.25) is 0 Å². The van der Waals surface area contributed by atoms with Crippen molar-refractivity contribution in [2.24, 2.45) is 0 Å². The molecule has 1 atom stereocenters. The van der Waals surface area contributed by atoms with Crippen molar-refractivity contribution in [3.63, 3.8) is 0 Å². The van der Waals surface area contributed by atoms with Gasteiger partial charge in [0.05, 0.1) is 6.61 Å². The molecule has 0 unspecified atom stereocenters. The summed E-state index contributed by atoms with van der Waals surface area (Å²) >= 11 is 0. The minimum absolute atomic E-state index is 0.193. The normalized spacial score (nSPS) is 12.7. The van der Waals surface area contributed by atoms with Crippen LogP contribution in [0.25, 0.3) is 0 Å². The standard InChI is InChI=1S/C37H69O8P/c1-3-5-7-9-11-13-15-17-18-20-21-23-25-27-29-31-36(38)43-33-35(34-44-46(40,41)42)45-37(39)32-30-28-26-24-22-19-16-14-12-10-8-6-4-2/h9,11,19,22,35H,3-8,10,12-18,20-21,23-34H2,1-2H3,(H2,40,41,42)/b11-9+,22-19+/t35-/m1/s1. The fourth-order valence-electron chi connectivity index (χ4n) is 5.11. The summed E-state index contributed by atoms with van der Waals surface area (Å²) in [6, 6.07) is 0. The van der Waals surface area contributed by atoms with Gasteiger partial charge in [-0.2, -0.15) is 0 Å². The summed E-state index contributed by atoms with van der Waals surface area (Å²) in [5, 5.41) is 0. The monoisotopic (exact) mass is 672 g/mol. The maximum absolute atomic E-state index is 12.3. The molecule has 0 aliphatic carbocycles. The van der Waals surface area contributed by atoms with Gasteiger partial charge < -0.3 is 19.3 Å². The zero-order valence-corrected chi connectivity index (χ0v) is 30.4. The number of rotatable bonds is 34. The van der Waals surface area contributed by atoms with E-state index in [1.165, 1.54) is 103 Å². The third kappa shape index (κ3) is 35.4.